The van der Waals surface area contributed by atoms with Crippen LogP contribution in [0.3, 0.4) is 0 Å². The van der Waals surface area contributed by atoms with Gasteiger partial charge in [-0.2, -0.15) is 0 Å². The molecule has 4 nitrogen and oxygen atoms in total. The molecule has 0 aliphatic rings. The van der Waals surface area contributed by atoms with Crippen molar-refractivity contribution in [1.29, 1.82) is 0 Å². The van der Waals surface area contributed by atoms with Gasteiger partial charge in [-0.05, 0) is 0 Å². The summed E-state index contributed by atoms with van der Waals surface area (Å²) >= 11 is 0. The Kier molecular flexibility index (Phi) is 11.8. The predicted molar refractivity (Wildman–Crippen MR) is 20.4 cm³/mol. The summed E-state index contributed by atoms with van der Waals surface area (Å²) in [6.07, 6.45) is 0. The first-order valence-corrected chi connectivity index (χ1v) is 2.68. The Morgan fingerprint density at radius 2 is 0.857 bits per heavy atom. The summed E-state index contributed by atoms with van der Waals surface area (Å²) in [6, 6.07) is 0. The fraction of sp³-hybridized carbons (Fsp3) is 0. The van der Waals surface area contributed by atoms with Gasteiger partial charge in [-0.1, -0.05) is 0 Å². The minimum atomic E-state index is -4.61. The van der Waals surface area contributed by atoms with Crippen molar-refractivity contribution in [3.8, 4) is 0 Å². The van der Waals surface area contributed by atoms with E-state index in [1.807, 2.05) is 0 Å². The largest absolute Gasteiger partial charge is 0.668 e. The zero-order valence-corrected chi connectivity index (χ0v) is 6.48. The Morgan fingerprint density at radius 3 is 0.857 bits per heavy atom. The van der Waals surface area contributed by atoms with E-state index in [0.29, 0.717) is 0 Å². The summed E-state index contributed by atoms with van der Waals surface area (Å²) in [5.74, 6) is 0. The minimum Gasteiger partial charge on any atom is -0.368 e. The van der Waals surface area contributed by atoms with Crippen LogP contribution in [0, 0.1) is 0 Å². The van der Waals surface area contributed by atoms with Gasteiger partial charge in [-0.3, -0.25) is 0 Å². The van der Waals surface area contributed by atoms with Gasteiger partial charge in [0.15, 0.2) is 0 Å². The molecule has 0 bridgehead atoms. The van der Waals surface area contributed by atoms with E-state index in [2.05, 4.69) is 0 Å². The third-order valence-electron chi connectivity index (χ3n) is 0. The summed E-state index contributed by atoms with van der Waals surface area (Å²) in [4.78, 5) is 29.3. The van der Waals surface area contributed by atoms with Crippen LogP contribution in [0.2, 0.25) is 0 Å². The van der Waals surface area contributed by atoms with Gasteiger partial charge in [-0.15, -0.1) is 0 Å². The average molecular weight is 179 g/mol. The Labute approximate surface area is 62.9 Å². The van der Waals surface area contributed by atoms with E-state index >= 15 is 0 Å². The molecule has 0 saturated heterocycles. The molecule has 0 aromatic heterocycles. The van der Waals surface area contributed by atoms with E-state index in [1.54, 1.807) is 0 Å². The van der Waals surface area contributed by atoms with Gasteiger partial charge in [0, 0.05) is 34.4 Å². The minimum absolute atomic E-state index is 0. The fourth-order valence-corrected chi connectivity index (χ4v) is 0. The van der Waals surface area contributed by atoms with E-state index in [1.165, 1.54) is 0 Å². The Bertz CT molecular complexity index is 27.2. The predicted octanol–water partition coefficient (Wildman–Crippen LogP) is -2.99. The number of rotatable bonds is 0. The molecule has 0 aromatic rings. The molecule has 0 atom stereocenters. The third-order valence-corrected chi connectivity index (χ3v) is 0. The van der Waals surface area contributed by atoms with Crippen molar-refractivity contribution in [2.24, 2.45) is 0 Å². The molecule has 3 radical (unpaired) electrons. The summed E-state index contributed by atoms with van der Waals surface area (Å²) in [7, 11) is -4.61. The third kappa shape index (κ3) is 151. The van der Waals surface area contributed by atoms with Gasteiger partial charge in [0.1, 0.15) is 0 Å². The quantitative estimate of drug-likeness (QED) is 0.299. The van der Waals surface area contributed by atoms with Crippen LogP contribution < -0.4 is 0 Å². The maximum absolute atomic E-state index is 7.33. The van der Waals surface area contributed by atoms with Crippen LogP contribution in [0.5, 0.6) is 0 Å². The zero-order chi connectivity index (χ0) is 4.50. The standard InChI is InChI=1S/Al.Fe.H4O4Si/c;;1-5(2,3)4/h;;1-4H. The Morgan fingerprint density at radius 1 is 0.857 bits per heavy atom. The fourth-order valence-electron chi connectivity index (χ4n) is 0. The summed E-state index contributed by atoms with van der Waals surface area (Å²) < 4.78 is 0. The van der Waals surface area contributed by atoms with Crippen molar-refractivity contribution in [3.05, 3.63) is 0 Å². The molecule has 0 amide bonds. The second-order valence-electron chi connectivity index (χ2n) is 0.600. The van der Waals surface area contributed by atoms with Crippen LogP contribution in [-0.4, -0.2) is 45.6 Å². The first kappa shape index (κ1) is 15.7. The second-order valence-corrected chi connectivity index (χ2v) is 1.80. The van der Waals surface area contributed by atoms with Gasteiger partial charge in [-0.25, -0.2) is 0 Å². The van der Waals surface area contributed by atoms with Gasteiger partial charge in [0.25, 0.3) is 0 Å². The molecule has 0 heterocycles. The van der Waals surface area contributed by atoms with E-state index in [0.717, 1.165) is 0 Å². The second kappa shape index (κ2) is 5.25. The molecular weight excluding hydrogens is 175 g/mol. The zero-order valence-electron chi connectivity index (χ0n) is 3.22. The first-order chi connectivity index (χ1) is 2.00. The molecule has 0 saturated carbocycles. The SMILES string of the molecule is O[Si](O)(O)O.[Al].[Fe]. The number of hydrogen-bond donors (Lipinski definition) is 4. The summed E-state index contributed by atoms with van der Waals surface area (Å²) in [5, 5.41) is 0. The van der Waals surface area contributed by atoms with E-state index in [9.17, 15) is 0 Å². The van der Waals surface area contributed by atoms with Crippen molar-refractivity contribution in [2.45, 2.75) is 0 Å². The van der Waals surface area contributed by atoms with Crippen LogP contribution in [0.25, 0.3) is 0 Å². The topological polar surface area (TPSA) is 80.9 Å². The maximum Gasteiger partial charge on any atom is 0.668 e. The van der Waals surface area contributed by atoms with Crippen LogP contribution in [0.4, 0.5) is 0 Å². The van der Waals surface area contributed by atoms with E-state index < -0.39 is 9.05 Å². The molecule has 0 aromatic carbocycles. The molecule has 0 fully saturated rings. The molecule has 0 aliphatic carbocycles. The van der Waals surface area contributed by atoms with Gasteiger partial charge >= 0.3 is 9.05 Å². The van der Waals surface area contributed by atoms with Gasteiger partial charge < -0.3 is 19.2 Å². The van der Waals surface area contributed by atoms with Crippen LogP contribution in [-0.2, 0) is 17.1 Å². The van der Waals surface area contributed by atoms with Gasteiger partial charge in [0.05, 0.1) is 0 Å². The van der Waals surface area contributed by atoms with Gasteiger partial charge in [0.2, 0.25) is 0 Å². The Hall–Kier alpha value is 1.11. The average Bonchev–Trinajstić information content (AvgIpc) is 0.722. The molecule has 0 spiro atoms. The van der Waals surface area contributed by atoms with Crippen molar-refractivity contribution < 1.29 is 36.3 Å². The van der Waals surface area contributed by atoms with Crippen molar-refractivity contribution in [2.75, 3.05) is 0 Å². The summed E-state index contributed by atoms with van der Waals surface area (Å²) in [6.45, 7) is 0. The first-order valence-electron chi connectivity index (χ1n) is 0.894. The number of hydrogen-bond acceptors (Lipinski definition) is 4. The molecule has 7 heteroatoms. The molecule has 0 aliphatic heterocycles. The van der Waals surface area contributed by atoms with Crippen LogP contribution in [0.1, 0.15) is 0 Å². The van der Waals surface area contributed by atoms with Crippen LogP contribution >= 0.6 is 0 Å². The molecular formula is H4AlFeO4Si. The summed E-state index contributed by atoms with van der Waals surface area (Å²) in [5.41, 5.74) is 0. The molecule has 0 rings (SSSR count). The van der Waals surface area contributed by atoms with Crippen molar-refractivity contribution in [1.82, 2.24) is 0 Å². The Balaban J connectivity index is -0.0000000800. The maximum atomic E-state index is 7.33. The normalized spacial score (nSPS) is 8.57. The van der Waals surface area contributed by atoms with Crippen LogP contribution in [0.15, 0.2) is 0 Å². The molecule has 4 N–H and O–H groups in total. The van der Waals surface area contributed by atoms with E-state index in [4.69, 9.17) is 19.2 Å². The molecule has 7 heavy (non-hydrogen) atoms. The molecule has 43 valence electrons. The van der Waals surface area contributed by atoms with E-state index in [-0.39, 0.29) is 34.4 Å². The van der Waals surface area contributed by atoms with Crippen molar-refractivity contribution in [3.63, 3.8) is 0 Å². The monoisotopic (exact) mass is 179 g/mol. The molecule has 0 unspecified atom stereocenters. The van der Waals surface area contributed by atoms with Crippen molar-refractivity contribution >= 4 is 26.4 Å². The smallest absolute Gasteiger partial charge is 0.368 e.